The Bertz CT molecular complexity index is 693. The predicted octanol–water partition coefficient (Wildman–Crippen LogP) is -6.75. The van der Waals surface area contributed by atoms with Crippen LogP contribution in [0.15, 0.2) is 11.6 Å². The predicted molar refractivity (Wildman–Crippen MR) is 110 cm³/mol. The van der Waals surface area contributed by atoms with Crippen LogP contribution in [-0.4, -0.2) is 155 Å². The van der Waals surface area contributed by atoms with E-state index in [-0.39, 0.29) is 12.0 Å². The lowest BCUT2D eigenvalue weighted by molar-refractivity contribution is -0.316. The first kappa shape index (κ1) is 27.8. The molecule has 0 amide bonds. The molecule has 0 aromatic heterocycles. The van der Waals surface area contributed by atoms with Gasteiger partial charge in [-0.1, -0.05) is 6.08 Å². The summed E-state index contributed by atoms with van der Waals surface area (Å²) in [5, 5.41) is 113. The van der Waals surface area contributed by atoms with Crippen LogP contribution in [0.5, 0.6) is 0 Å². The van der Waals surface area contributed by atoms with E-state index in [2.05, 4.69) is 5.32 Å². The Hall–Kier alpha value is -0.820. The molecule has 3 rings (SSSR count). The van der Waals surface area contributed by atoms with Gasteiger partial charge in [0.25, 0.3) is 0 Å². The molecule has 14 unspecified atom stereocenters. The smallest absolute Gasteiger partial charge is 0.187 e. The lowest BCUT2D eigenvalue weighted by Gasteiger charge is -2.45. The summed E-state index contributed by atoms with van der Waals surface area (Å²) in [6.45, 7) is -1.81. The summed E-state index contributed by atoms with van der Waals surface area (Å²) in [6.07, 6.45) is -15.7. The molecule has 0 radical (unpaired) electrons. The van der Waals surface area contributed by atoms with Crippen molar-refractivity contribution in [3.8, 4) is 0 Å². The molecule has 34 heavy (non-hydrogen) atoms. The van der Waals surface area contributed by atoms with E-state index in [0.717, 1.165) is 0 Å². The molecular formula is C20H35NO13. The van der Waals surface area contributed by atoms with Crippen molar-refractivity contribution in [2.45, 2.75) is 85.8 Å². The molecule has 14 heteroatoms. The van der Waals surface area contributed by atoms with E-state index in [1.165, 1.54) is 6.08 Å². The largest absolute Gasteiger partial charge is 0.396 e. The van der Waals surface area contributed by atoms with Gasteiger partial charge in [-0.05, 0) is 12.0 Å². The van der Waals surface area contributed by atoms with Crippen LogP contribution >= 0.6 is 0 Å². The Morgan fingerprint density at radius 3 is 2.00 bits per heavy atom. The fourth-order valence-electron chi connectivity index (χ4n) is 4.74. The maximum absolute atomic E-state index is 10.7. The van der Waals surface area contributed by atoms with Gasteiger partial charge in [0.2, 0.25) is 0 Å². The van der Waals surface area contributed by atoms with Crippen molar-refractivity contribution in [1.29, 1.82) is 0 Å². The second kappa shape index (κ2) is 11.5. The fraction of sp³-hybridized carbons (Fsp3) is 0.900. The second-order valence-electron chi connectivity index (χ2n) is 9.08. The van der Waals surface area contributed by atoms with Crippen molar-refractivity contribution < 1.29 is 65.6 Å². The lowest BCUT2D eigenvalue weighted by Crippen LogP contribution is -2.64. The van der Waals surface area contributed by atoms with Crippen LogP contribution in [0.3, 0.4) is 0 Å². The van der Waals surface area contributed by atoms with E-state index in [9.17, 15) is 56.2 Å². The van der Waals surface area contributed by atoms with Crippen molar-refractivity contribution in [3.05, 3.63) is 11.6 Å². The van der Waals surface area contributed by atoms with Gasteiger partial charge >= 0.3 is 0 Å². The monoisotopic (exact) mass is 497 g/mol. The molecule has 2 aliphatic carbocycles. The number of hydrogen-bond acceptors (Lipinski definition) is 14. The normalized spacial score (nSPS) is 50.1. The summed E-state index contributed by atoms with van der Waals surface area (Å²) >= 11 is 0. The van der Waals surface area contributed by atoms with Crippen LogP contribution in [0.25, 0.3) is 0 Å². The quantitative estimate of drug-likeness (QED) is 0.146. The van der Waals surface area contributed by atoms with Gasteiger partial charge < -0.3 is 71.0 Å². The molecule has 0 aromatic rings. The van der Waals surface area contributed by atoms with Crippen LogP contribution in [0.2, 0.25) is 0 Å². The first-order valence-corrected chi connectivity index (χ1v) is 11.1. The van der Waals surface area contributed by atoms with Crippen LogP contribution in [0.4, 0.5) is 0 Å². The van der Waals surface area contributed by atoms with E-state index in [4.69, 9.17) is 9.47 Å². The molecule has 2 fully saturated rings. The molecule has 1 aliphatic heterocycles. The van der Waals surface area contributed by atoms with Gasteiger partial charge in [-0.15, -0.1) is 0 Å². The van der Waals surface area contributed by atoms with E-state index >= 15 is 0 Å². The van der Waals surface area contributed by atoms with E-state index in [1.54, 1.807) is 0 Å². The van der Waals surface area contributed by atoms with Crippen molar-refractivity contribution in [3.63, 3.8) is 0 Å². The summed E-state index contributed by atoms with van der Waals surface area (Å²) < 4.78 is 10.8. The summed E-state index contributed by atoms with van der Waals surface area (Å²) in [6, 6.07) is -1.94. The van der Waals surface area contributed by atoms with Crippen molar-refractivity contribution >= 4 is 0 Å². The van der Waals surface area contributed by atoms with E-state index in [1.807, 2.05) is 0 Å². The van der Waals surface area contributed by atoms with Gasteiger partial charge in [0.05, 0.1) is 31.5 Å². The highest BCUT2D eigenvalue weighted by atomic mass is 16.7. The first-order chi connectivity index (χ1) is 16.0. The summed E-state index contributed by atoms with van der Waals surface area (Å²) in [5.41, 5.74) is 0.0526. The van der Waals surface area contributed by atoms with Gasteiger partial charge in [-0.25, -0.2) is 0 Å². The average molecular weight is 497 g/mol. The minimum Gasteiger partial charge on any atom is -0.396 e. The molecule has 0 bridgehead atoms. The zero-order chi connectivity index (χ0) is 25.3. The molecule has 1 heterocycles. The maximum Gasteiger partial charge on any atom is 0.187 e. The highest BCUT2D eigenvalue weighted by Crippen LogP contribution is 2.31. The third-order valence-corrected chi connectivity index (χ3v) is 6.89. The molecular weight excluding hydrogens is 462 g/mol. The van der Waals surface area contributed by atoms with Gasteiger partial charge in [0.1, 0.15) is 48.8 Å². The Morgan fingerprint density at radius 2 is 1.41 bits per heavy atom. The minimum absolute atomic E-state index is 0.0440. The topological polar surface area (TPSA) is 253 Å². The Morgan fingerprint density at radius 1 is 0.765 bits per heavy atom. The molecule has 3 aliphatic rings. The lowest BCUT2D eigenvalue weighted by atomic mass is 9.78. The average Bonchev–Trinajstić information content (AvgIpc) is 2.83. The van der Waals surface area contributed by atoms with E-state index in [0.29, 0.717) is 0 Å². The Balaban J connectivity index is 1.76. The SMILES string of the molecule is OCC1=CC(NC2CC(CO)C(O)C(O)C2O)C(O)C(O)C1OC1OC(CO)C(O)C(O)C1O. The van der Waals surface area contributed by atoms with Gasteiger partial charge in [-0.3, -0.25) is 0 Å². The number of hydrogen-bond donors (Lipinski definition) is 12. The molecule has 0 aromatic carbocycles. The molecule has 0 spiro atoms. The number of ether oxygens (including phenoxy) is 2. The minimum atomic E-state index is -1.77. The van der Waals surface area contributed by atoms with Crippen molar-refractivity contribution in [2.24, 2.45) is 5.92 Å². The number of rotatable bonds is 7. The molecule has 1 saturated heterocycles. The zero-order valence-electron chi connectivity index (χ0n) is 18.2. The van der Waals surface area contributed by atoms with Crippen molar-refractivity contribution in [1.82, 2.24) is 5.32 Å². The number of nitrogens with one attached hydrogen (secondary N) is 1. The zero-order valence-corrected chi connectivity index (χ0v) is 18.2. The number of aliphatic hydroxyl groups is 11. The van der Waals surface area contributed by atoms with Crippen molar-refractivity contribution in [2.75, 3.05) is 19.8 Å². The summed E-state index contributed by atoms with van der Waals surface area (Å²) in [4.78, 5) is 0. The highest BCUT2D eigenvalue weighted by molar-refractivity contribution is 5.23. The molecule has 198 valence electrons. The third-order valence-electron chi connectivity index (χ3n) is 6.89. The van der Waals surface area contributed by atoms with Gasteiger partial charge in [0.15, 0.2) is 6.29 Å². The Labute approximate surface area is 194 Å². The van der Waals surface area contributed by atoms with Gasteiger partial charge in [0, 0.05) is 18.6 Å². The van der Waals surface area contributed by atoms with Gasteiger partial charge in [-0.2, -0.15) is 0 Å². The van der Waals surface area contributed by atoms with E-state index < -0.39 is 105 Å². The maximum atomic E-state index is 10.7. The van der Waals surface area contributed by atoms with Crippen LogP contribution in [-0.2, 0) is 9.47 Å². The fourth-order valence-corrected chi connectivity index (χ4v) is 4.74. The van der Waals surface area contributed by atoms with Crippen LogP contribution in [0.1, 0.15) is 6.42 Å². The highest BCUT2D eigenvalue weighted by Gasteiger charge is 2.49. The van der Waals surface area contributed by atoms with Crippen LogP contribution < -0.4 is 5.32 Å². The molecule has 12 N–H and O–H groups in total. The third kappa shape index (κ3) is 5.30. The molecule has 1 saturated carbocycles. The Kier molecular flexibility index (Phi) is 9.38. The van der Waals surface area contributed by atoms with Crippen LogP contribution in [0, 0.1) is 5.92 Å². The standard InChI is InChI=1S/C20H35NO13/c22-3-6-1-8(12(26)15(29)11(6)25)21-9-2-7(4-23)19(17(31)13(9)27)34-20-18(32)16(30)14(28)10(5-24)33-20/h2,6,8-32H,1,3-5H2. The molecule has 14 atom stereocenters. The molecule has 14 nitrogen and oxygen atoms in total. The first-order valence-electron chi connectivity index (χ1n) is 11.1. The summed E-state index contributed by atoms with van der Waals surface area (Å²) in [5.74, 6) is -0.745. The second-order valence-corrected chi connectivity index (χ2v) is 9.08. The number of aliphatic hydroxyl groups excluding tert-OH is 11. The summed E-state index contributed by atoms with van der Waals surface area (Å²) in [7, 11) is 0.